The average molecular weight is 1040 g/mol. The lowest BCUT2D eigenvalue weighted by molar-refractivity contribution is -0.305. The number of carbonyl (C=O) groups excluding carboxylic acids is 1. The van der Waals surface area contributed by atoms with Gasteiger partial charge < -0.3 is 39.4 Å². The van der Waals surface area contributed by atoms with Crippen LogP contribution in [0.2, 0.25) is 0 Å². The lowest BCUT2D eigenvalue weighted by Crippen LogP contribution is -2.59. The van der Waals surface area contributed by atoms with Crippen LogP contribution in [0.15, 0.2) is 12.2 Å². The van der Waals surface area contributed by atoms with Gasteiger partial charge in [-0.25, -0.2) is 0 Å². The van der Waals surface area contributed by atoms with Crippen LogP contribution in [0.3, 0.4) is 0 Å². The first kappa shape index (κ1) is 69.9. The van der Waals surface area contributed by atoms with Crippen LogP contribution in [0, 0.1) is 0 Å². The molecule has 1 aliphatic rings. The van der Waals surface area contributed by atoms with Crippen LogP contribution in [-0.2, 0) is 23.7 Å². The third-order valence-corrected chi connectivity index (χ3v) is 15.4. The first-order chi connectivity index (χ1) is 35.9. The van der Waals surface area contributed by atoms with E-state index in [1.54, 1.807) is 0 Å². The van der Waals surface area contributed by atoms with Crippen molar-refractivity contribution in [1.82, 2.24) is 0 Å². The van der Waals surface area contributed by atoms with Gasteiger partial charge >= 0.3 is 5.97 Å². The summed E-state index contributed by atoms with van der Waals surface area (Å²) in [5.74, 6) is -0.303. The minimum absolute atomic E-state index is 0.106. The molecule has 9 heteroatoms. The molecule has 434 valence electrons. The zero-order chi connectivity index (χ0) is 52.8. The molecule has 9 nitrogen and oxygen atoms in total. The molecule has 0 saturated carbocycles. The number of ether oxygens (including phenoxy) is 4. The number of carbonyl (C=O) groups is 1. The summed E-state index contributed by atoms with van der Waals surface area (Å²) in [7, 11) is 0. The van der Waals surface area contributed by atoms with Crippen molar-refractivity contribution >= 4 is 5.97 Å². The maximum atomic E-state index is 12.9. The Bertz CT molecular complexity index is 1130. The first-order valence-electron chi connectivity index (χ1n) is 32.3. The topological polar surface area (TPSA) is 135 Å². The normalized spacial score (nSPS) is 18.6. The molecule has 0 amide bonds. The molecule has 6 unspecified atom stereocenters. The van der Waals surface area contributed by atoms with E-state index in [4.69, 9.17) is 18.9 Å². The van der Waals surface area contributed by atoms with Crippen molar-refractivity contribution in [2.24, 2.45) is 0 Å². The Morgan fingerprint density at radius 3 is 1.11 bits per heavy atom. The number of allylic oxidation sites excluding steroid dienone is 2. The molecule has 1 heterocycles. The molecule has 0 aromatic heterocycles. The number of aliphatic hydroxyl groups is 4. The SMILES string of the molecule is CCCCCCCCCC/C=C\CCCCCCCCCCCCCCCCOCC(COC1OC(CO)C(O)C(O)C1O)OC(=O)CCCCCCCCCCCCCCCCCCCCCCCCCC. The second-order valence-corrected chi connectivity index (χ2v) is 22.6. The van der Waals surface area contributed by atoms with E-state index in [9.17, 15) is 25.2 Å². The monoisotopic (exact) mass is 1040 g/mol. The lowest BCUT2D eigenvalue weighted by Gasteiger charge is -2.39. The third kappa shape index (κ3) is 45.6. The van der Waals surface area contributed by atoms with Crippen LogP contribution in [0.5, 0.6) is 0 Å². The van der Waals surface area contributed by atoms with E-state index in [2.05, 4.69) is 26.0 Å². The molecular formula is C64H124O9. The van der Waals surface area contributed by atoms with Crippen molar-refractivity contribution in [1.29, 1.82) is 0 Å². The van der Waals surface area contributed by atoms with Crippen molar-refractivity contribution < 1.29 is 44.2 Å². The van der Waals surface area contributed by atoms with Crippen LogP contribution in [0.25, 0.3) is 0 Å². The number of esters is 1. The van der Waals surface area contributed by atoms with Gasteiger partial charge in [-0.3, -0.25) is 4.79 Å². The molecule has 0 aliphatic carbocycles. The number of rotatable bonds is 58. The van der Waals surface area contributed by atoms with Crippen LogP contribution in [0.4, 0.5) is 0 Å². The van der Waals surface area contributed by atoms with Crippen LogP contribution >= 0.6 is 0 Å². The second kappa shape index (κ2) is 55.7. The quantitative estimate of drug-likeness (QED) is 0.0267. The minimum atomic E-state index is -1.53. The average Bonchev–Trinajstić information content (AvgIpc) is 3.39. The summed E-state index contributed by atoms with van der Waals surface area (Å²) in [6.45, 7) is 4.65. The molecule has 4 N–H and O–H groups in total. The standard InChI is InChI=1S/C64H124O9/c1-3-5-7-9-11-13-15-17-19-21-23-25-27-29-30-32-34-36-38-40-42-44-46-48-50-52-54-70-56-58(57-71-64-63(69)62(68)61(67)59(55-65)73-64)72-60(66)53-51-49-47-45-43-41-39-37-35-33-31-28-26-24-22-20-18-16-14-12-10-8-6-4-2/h21,23,58-59,61-65,67-69H,3-20,22,24-57H2,1-2H3/b23-21-. The highest BCUT2D eigenvalue weighted by Crippen LogP contribution is 2.23. The zero-order valence-electron chi connectivity index (χ0n) is 48.4. The van der Waals surface area contributed by atoms with Gasteiger partial charge in [-0.15, -0.1) is 0 Å². The Morgan fingerprint density at radius 2 is 0.753 bits per heavy atom. The van der Waals surface area contributed by atoms with E-state index in [1.807, 2.05) is 0 Å². The molecule has 1 rings (SSSR count). The fourth-order valence-electron chi connectivity index (χ4n) is 10.4. The van der Waals surface area contributed by atoms with E-state index >= 15 is 0 Å². The van der Waals surface area contributed by atoms with E-state index in [1.165, 1.54) is 276 Å². The Hall–Kier alpha value is -1.07. The smallest absolute Gasteiger partial charge is 0.306 e. The second-order valence-electron chi connectivity index (χ2n) is 22.6. The van der Waals surface area contributed by atoms with Gasteiger partial charge in [-0.05, 0) is 38.5 Å². The number of hydrogen-bond donors (Lipinski definition) is 4. The van der Waals surface area contributed by atoms with Gasteiger partial charge in [0.25, 0.3) is 0 Å². The molecule has 1 fully saturated rings. The Kier molecular flexibility index (Phi) is 53.3. The van der Waals surface area contributed by atoms with Gasteiger partial charge in [0, 0.05) is 13.0 Å². The molecule has 0 aromatic carbocycles. The van der Waals surface area contributed by atoms with E-state index < -0.39 is 43.4 Å². The predicted molar refractivity (Wildman–Crippen MR) is 307 cm³/mol. The summed E-state index contributed by atoms with van der Waals surface area (Å²) >= 11 is 0. The first-order valence-corrected chi connectivity index (χ1v) is 32.3. The van der Waals surface area contributed by atoms with Gasteiger partial charge in [0.2, 0.25) is 0 Å². The molecule has 1 aliphatic heterocycles. The maximum absolute atomic E-state index is 12.9. The zero-order valence-corrected chi connectivity index (χ0v) is 48.4. The highest BCUT2D eigenvalue weighted by atomic mass is 16.7. The number of unbranched alkanes of at least 4 members (excludes halogenated alkanes) is 45. The maximum Gasteiger partial charge on any atom is 0.306 e. The van der Waals surface area contributed by atoms with Crippen molar-refractivity contribution in [3.05, 3.63) is 12.2 Å². The summed E-state index contributed by atoms with van der Waals surface area (Å²) in [6, 6.07) is 0. The van der Waals surface area contributed by atoms with Gasteiger partial charge in [-0.2, -0.15) is 0 Å². The molecule has 0 bridgehead atoms. The Morgan fingerprint density at radius 1 is 0.425 bits per heavy atom. The molecule has 1 saturated heterocycles. The van der Waals surface area contributed by atoms with E-state index in [0.29, 0.717) is 13.0 Å². The summed E-state index contributed by atoms with van der Waals surface area (Å²) in [4.78, 5) is 12.9. The van der Waals surface area contributed by atoms with E-state index in [0.717, 1.165) is 32.1 Å². The van der Waals surface area contributed by atoms with Crippen molar-refractivity contribution in [2.75, 3.05) is 26.4 Å². The largest absolute Gasteiger partial charge is 0.457 e. The fourth-order valence-corrected chi connectivity index (χ4v) is 10.4. The van der Waals surface area contributed by atoms with Gasteiger partial charge in [0.05, 0.1) is 19.8 Å². The van der Waals surface area contributed by atoms with E-state index in [-0.39, 0.29) is 19.2 Å². The highest BCUT2D eigenvalue weighted by Gasteiger charge is 2.44. The summed E-state index contributed by atoms with van der Waals surface area (Å²) in [5.41, 5.74) is 0. The van der Waals surface area contributed by atoms with Crippen LogP contribution < -0.4 is 0 Å². The highest BCUT2D eigenvalue weighted by molar-refractivity contribution is 5.69. The van der Waals surface area contributed by atoms with Crippen molar-refractivity contribution in [2.45, 2.75) is 365 Å². The number of hydrogen-bond acceptors (Lipinski definition) is 9. The minimum Gasteiger partial charge on any atom is -0.457 e. The fraction of sp³-hybridized carbons (Fsp3) is 0.953. The summed E-state index contributed by atoms with van der Waals surface area (Å²) in [5, 5.41) is 40.4. The van der Waals surface area contributed by atoms with Crippen LogP contribution in [-0.4, -0.2) is 89.6 Å². The van der Waals surface area contributed by atoms with Crippen LogP contribution in [0.1, 0.15) is 328 Å². The molecule has 73 heavy (non-hydrogen) atoms. The van der Waals surface area contributed by atoms with Gasteiger partial charge in [0.1, 0.15) is 30.5 Å². The third-order valence-electron chi connectivity index (χ3n) is 15.4. The molecule has 6 atom stereocenters. The van der Waals surface area contributed by atoms with Gasteiger partial charge in [0.15, 0.2) is 6.29 Å². The van der Waals surface area contributed by atoms with Gasteiger partial charge in [-0.1, -0.05) is 296 Å². The molecular weight excluding hydrogens is 913 g/mol. The Balaban J connectivity index is 2.09. The molecule has 0 radical (unpaired) electrons. The number of aliphatic hydroxyl groups excluding tert-OH is 4. The van der Waals surface area contributed by atoms with Crippen molar-refractivity contribution in [3.8, 4) is 0 Å². The van der Waals surface area contributed by atoms with Crippen molar-refractivity contribution in [3.63, 3.8) is 0 Å². The summed E-state index contributed by atoms with van der Waals surface area (Å²) in [6.07, 6.45) is 61.4. The molecule has 0 spiro atoms. The molecule has 0 aromatic rings. The lowest BCUT2D eigenvalue weighted by atomic mass is 9.99. The Labute approximate surface area is 452 Å². The predicted octanol–water partition coefficient (Wildman–Crippen LogP) is 17.4. The summed E-state index contributed by atoms with van der Waals surface area (Å²) < 4.78 is 23.0.